The molecule has 0 saturated heterocycles. The van der Waals surface area contributed by atoms with Crippen LogP contribution < -0.4 is 10.1 Å². The first kappa shape index (κ1) is 21.0. The summed E-state index contributed by atoms with van der Waals surface area (Å²) in [4.78, 5) is 12.2. The third-order valence-corrected chi connectivity index (χ3v) is 4.49. The Kier molecular flexibility index (Phi) is 5.76. The van der Waals surface area contributed by atoms with Crippen LogP contribution >= 0.6 is 0 Å². The number of hydrogen-bond acceptors (Lipinski definition) is 3. The number of fused-ring (bicyclic) bond motifs is 1. The molecule has 0 saturated carbocycles. The van der Waals surface area contributed by atoms with E-state index in [-0.39, 0.29) is 24.1 Å². The number of aromatic nitrogens is 2. The van der Waals surface area contributed by atoms with Crippen LogP contribution in [0.4, 0.5) is 26.3 Å². The van der Waals surface area contributed by atoms with E-state index >= 15 is 0 Å². The van der Waals surface area contributed by atoms with Gasteiger partial charge in [0.2, 0.25) is 5.91 Å². The van der Waals surface area contributed by atoms with E-state index in [1.807, 2.05) is 0 Å². The van der Waals surface area contributed by atoms with Crippen molar-refractivity contribution < 1.29 is 35.9 Å². The molecule has 11 heteroatoms. The molecule has 1 aromatic heterocycles. The highest BCUT2D eigenvalue weighted by molar-refractivity contribution is 5.75. The lowest BCUT2D eigenvalue weighted by molar-refractivity contribution is -0.274. The minimum Gasteiger partial charge on any atom is -0.405 e. The third kappa shape index (κ3) is 5.21. The standard InChI is InChI=1S/C18H17F6N3O2/c19-17(20,21)16-12-6-2-3-7-13(12)27(26-16)10-15(28)25-9-11-5-1-4-8-14(11)29-18(22,23)24/h1,4-5,8H,2-3,6-7,9-10H2,(H,25,28). The van der Waals surface area contributed by atoms with Crippen molar-refractivity contribution in [3.63, 3.8) is 0 Å². The van der Waals surface area contributed by atoms with Crippen LogP contribution in [0.3, 0.4) is 0 Å². The van der Waals surface area contributed by atoms with Gasteiger partial charge in [0, 0.05) is 23.4 Å². The molecule has 1 aliphatic rings. The van der Waals surface area contributed by atoms with Crippen LogP contribution in [0.5, 0.6) is 5.75 Å². The van der Waals surface area contributed by atoms with Crippen molar-refractivity contribution >= 4 is 5.91 Å². The van der Waals surface area contributed by atoms with Crippen molar-refractivity contribution in [2.45, 2.75) is 51.3 Å². The van der Waals surface area contributed by atoms with Gasteiger partial charge in [-0.3, -0.25) is 9.48 Å². The fourth-order valence-electron chi connectivity index (χ4n) is 3.29. The fraction of sp³-hybridized carbons (Fsp3) is 0.444. The summed E-state index contributed by atoms with van der Waals surface area (Å²) in [5.41, 5.74) is -0.416. The van der Waals surface area contributed by atoms with Gasteiger partial charge in [-0.25, -0.2) is 0 Å². The van der Waals surface area contributed by atoms with Crippen LogP contribution in [0.15, 0.2) is 24.3 Å². The van der Waals surface area contributed by atoms with Gasteiger partial charge in [0.25, 0.3) is 0 Å². The summed E-state index contributed by atoms with van der Waals surface area (Å²) in [6.07, 6.45) is -7.56. The number of alkyl halides is 6. The molecular weight excluding hydrogens is 404 g/mol. The number of rotatable bonds is 5. The maximum Gasteiger partial charge on any atom is 0.573 e. The van der Waals surface area contributed by atoms with Crippen molar-refractivity contribution in [2.75, 3.05) is 0 Å². The highest BCUT2D eigenvalue weighted by Crippen LogP contribution is 2.35. The molecule has 1 aliphatic carbocycles. The lowest BCUT2D eigenvalue weighted by atomic mass is 9.95. The largest absolute Gasteiger partial charge is 0.573 e. The highest BCUT2D eigenvalue weighted by Gasteiger charge is 2.39. The van der Waals surface area contributed by atoms with Crippen molar-refractivity contribution in [1.29, 1.82) is 0 Å². The van der Waals surface area contributed by atoms with Crippen molar-refractivity contribution in [1.82, 2.24) is 15.1 Å². The summed E-state index contributed by atoms with van der Waals surface area (Å²) in [6.45, 7) is -0.735. The van der Waals surface area contributed by atoms with E-state index in [0.717, 1.165) is 10.7 Å². The molecule has 158 valence electrons. The molecule has 1 aromatic carbocycles. The number of halogens is 6. The number of hydrogen-bond donors (Lipinski definition) is 1. The van der Waals surface area contributed by atoms with E-state index in [1.165, 1.54) is 18.2 Å². The number of ether oxygens (including phenoxy) is 1. The number of amides is 1. The number of para-hydroxylation sites is 1. The van der Waals surface area contributed by atoms with Crippen molar-refractivity contribution in [2.24, 2.45) is 0 Å². The number of nitrogens with zero attached hydrogens (tertiary/aromatic N) is 2. The molecule has 0 unspecified atom stereocenters. The monoisotopic (exact) mass is 421 g/mol. The summed E-state index contributed by atoms with van der Waals surface area (Å²) in [7, 11) is 0. The molecular formula is C18H17F6N3O2. The van der Waals surface area contributed by atoms with Gasteiger partial charge in [0.05, 0.1) is 0 Å². The molecule has 29 heavy (non-hydrogen) atoms. The molecule has 2 aromatic rings. The zero-order chi connectivity index (χ0) is 21.2. The Balaban J connectivity index is 1.71. The first-order valence-corrected chi connectivity index (χ1v) is 8.80. The second kappa shape index (κ2) is 7.96. The number of carbonyl (C=O) groups excluding carboxylic acids is 1. The number of benzene rings is 1. The summed E-state index contributed by atoms with van der Waals surface area (Å²) >= 11 is 0. The van der Waals surface area contributed by atoms with Gasteiger partial charge in [-0.2, -0.15) is 18.3 Å². The van der Waals surface area contributed by atoms with Crippen LogP contribution in [0.1, 0.15) is 35.4 Å². The molecule has 0 spiro atoms. The number of nitrogens with one attached hydrogen (secondary N) is 1. The van der Waals surface area contributed by atoms with Crippen LogP contribution in [-0.4, -0.2) is 22.1 Å². The van der Waals surface area contributed by atoms with E-state index in [2.05, 4.69) is 15.2 Å². The molecule has 0 fully saturated rings. The normalized spacial score (nSPS) is 14.4. The van der Waals surface area contributed by atoms with Crippen LogP contribution in [0, 0.1) is 0 Å². The Morgan fingerprint density at radius 1 is 1.10 bits per heavy atom. The molecule has 0 radical (unpaired) electrons. The van der Waals surface area contributed by atoms with Gasteiger partial charge in [0.15, 0.2) is 5.69 Å². The Hall–Kier alpha value is -2.72. The van der Waals surface area contributed by atoms with Gasteiger partial charge in [-0.15, -0.1) is 13.2 Å². The molecule has 1 N–H and O–H groups in total. The van der Waals surface area contributed by atoms with E-state index in [1.54, 1.807) is 0 Å². The van der Waals surface area contributed by atoms with Gasteiger partial charge in [-0.1, -0.05) is 18.2 Å². The Bertz CT molecular complexity index is 889. The molecule has 0 bridgehead atoms. The fourth-order valence-corrected chi connectivity index (χ4v) is 3.29. The second-order valence-corrected chi connectivity index (χ2v) is 6.57. The zero-order valence-corrected chi connectivity index (χ0v) is 15.0. The average molecular weight is 421 g/mol. The van der Waals surface area contributed by atoms with Gasteiger partial charge in [0.1, 0.15) is 12.3 Å². The topological polar surface area (TPSA) is 56.2 Å². The smallest absolute Gasteiger partial charge is 0.405 e. The van der Waals surface area contributed by atoms with E-state index < -0.39 is 36.4 Å². The average Bonchev–Trinajstić information content (AvgIpc) is 2.99. The van der Waals surface area contributed by atoms with Gasteiger partial charge in [-0.05, 0) is 31.7 Å². The van der Waals surface area contributed by atoms with Crippen LogP contribution in [-0.2, 0) is 36.9 Å². The SMILES string of the molecule is O=C(Cn1nc(C(F)(F)F)c2c1CCCC2)NCc1ccccc1OC(F)(F)F. The third-order valence-electron chi connectivity index (χ3n) is 4.49. The second-order valence-electron chi connectivity index (χ2n) is 6.57. The summed E-state index contributed by atoms with van der Waals surface area (Å²) in [5, 5.41) is 5.98. The minimum atomic E-state index is -4.89. The maximum absolute atomic E-state index is 13.2. The quantitative estimate of drug-likeness (QED) is 0.743. The molecule has 3 rings (SSSR count). The maximum atomic E-state index is 13.2. The minimum absolute atomic E-state index is 0.0802. The Labute approximate surface area is 161 Å². The lowest BCUT2D eigenvalue weighted by Gasteiger charge is -2.15. The molecule has 1 heterocycles. The summed E-state index contributed by atoms with van der Waals surface area (Å²) in [5.74, 6) is -1.13. The van der Waals surface area contributed by atoms with E-state index in [9.17, 15) is 31.1 Å². The predicted molar refractivity (Wildman–Crippen MR) is 88.8 cm³/mol. The van der Waals surface area contributed by atoms with E-state index in [0.29, 0.717) is 25.0 Å². The van der Waals surface area contributed by atoms with Crippen molar-refractivity contribution in [3.05, 3.63) is 46.8 Å². The van der Waals surface area contributed by atoms with Crippen LogP contribution in [0.25, 0.3) is 0 Å². The van der Waals surface area contributed by atoms with Gasteiger partial charge < -0.3 is 10.1 Å². The first-order chi connectivity index (χ1) is 13.5. The Morgan fingerprint density at radius 2 is 1.79 bits per heavy atom. The van der Waals surface area contributed by atoms with E-state index in [4.69, 9.17) is 0 Å². The highest BCUT2D eigenvalue weighted by atomic mass is 19.4. The number of carbonyl (C=O) groups is 1. The molecule has 5 nitrogen and oxygen atoms in total. The molecule has 0 atom stereocenters. The predicted octanol–water partition coefficient (Wildman–Crippen LogP) is 4.00. The molecule has 1 amide bonds. The Morgan fingerprint density at radius 3 is 2.48 bits per heavy atom. The van der Waals surface area contributed by atoms with Crippen LogP contribution in [0.2, 0.25) is 0 Å². The zero-order valence-electron chi connectivity index (χ0n) is 15.0. The summed E-state index contributed by atoms with van der Waals surface area (Å²) < 4.78 is 81.9. The summed E-state index contributed by atoms with van der Waals surface area (Å²) in [6, 6.07) is 5.28. The first-order valence-electron chi connectivity index (χ1n) is 8.80. The van der Waals surface area contributed by atoms with Crippen molar-refractivity contribution in [3.8, 4) is 5.75 Å². The molecule has 0 aliphatic heterocycles. The lowest BCUT2D eigenvalue weighted by Crippen LogP contribution is -2.29. The van der Waals surface area contributed by atoms with Gasteiger partial charge >= 0.3 is 12.5 Å².